The number of carbonyl (C=O) groups is 1. The van der Waals surface area contributed by atoms with E-state index in [1.54, 1.807) is 6.26 Å². The largest absolute Gasteiger partial charge is 0.465 e. The lowest BCUT2D eigenvalue weighted by Gasteiger charge is -2.47. The van der Waals surface area contributed by atoms with Crippen LogP contribution in [0.4, 0.5) is 0 Å². The molecule has 0 amide bonds. The highest BCUT2D eigenvalue weighted by Crippen LogP contribution is 2.51. The van der Waals surface area contributed by atoms with Gasteiger partial charge in [0.1, 0.15) is 5.76 Å². The van der Waals surface area contributed by atoms with Crippen LogP contribution in [0, 0.1) is 17.3 Å². The van der Waals surface area contributed by atoms with Crippen molar-refractivity contribution < 1.29 is 13.9 Å². The van der Waals surface area contributed by atoms with E-state index in [-0.39, 0.29) is 23.4 Å². The summed E-state index contributed by atoms with van der Waals surface area (Å²) in [6.45, 7) is 4.56. The van der Waals surface area contributed by atoms with E-state index in [9.17, 15) is 4.79 Å². The Labute approximate surface area is 108 Å². The van der Waals surface area contributed by atoms with Gasteiger partial charge in [0.15, 0.2) is 6.10 Å². The molecule has 1 aliphatic carbocycles. The predicted molar refractivity (Wildman–Crippen MR) is 66.8 cm³/mol. The standard InChI is InChI=1S/C15H20O3/c1-15(2)7-3-5-10-11(15)9-13(18-14(10)16)12-6-4-8-17-12/h4,6,8,10-11,13H,3,5,7,9H2,1-2H3/t10-,11+,13-/m0/s1. The van der Waals surface area contributed by atoms with Crippen molar-refractivity contribution in [3.63, 3.8) is 0 Å². The lowest BCUT2D eigenvalue weighted by molar-refractivity contribution is -0.175. The third-order valence-corrected chi connectivity index (χ3v) is 4.72. The molecule has 2 aliphatic rings. The van der Waals surface area contributed by atoms with Crippen molar-refractivity contribution in [1.29, 1.82) is 0 Å². The molecule has 0 unspecified atom stereocenters. The van der Waals surface area contributed by atoms with E-state index < -0.39 is 0 Å². The van der Waals surface area contributed by atoms with Crippen molar-refractivity contribution in [3.8, 4) is 0 Å². The zero-order chi connectivity index (χ0) is 12.8. The molecule has 1 aromatic heterocycles. The maximum atomic E-state index is 12.2. The number of esters is 1. The van der Waals surface area contributed by atoms with Crippen molar-refractivity contribution in [2.45, 2.75) is 45.6 Å². The number of cyclic esters (lactones) is 1. The maximum Gasteiger partial charge on any atom is 0.309 e. The summed E-state index contributed by atoms with van der Waals surface area (Å²) in [6, 6.07) is 3.75. The van der Waals surface area contributed by atoms with Crippen LogP contribution < -0.4 is 0 Å². The molecule has 0 spiro atoms. The molecule has 3 nitrogen and oxygen atoms in total. The molecule has 1 saturated heterocycles. The summed E-state index contributed by atoms with van der Waals surface area (Å²) in [6.07, 6.45) is 5.67. The number of furan rings is 1. The van der Waals surface area contributed by atoms with Crippen molar-refractivity contribution in [3.05, 3.63) is 24.2 Å². The van der Waals surface area contributed by atoms with Crippen LogP contribution in [0.2, 0.25) is 0 Å². The summed E-state index contributed by atoms with van der Waals surface area (Å²) in [5.74, 6) is 1.27. The van der Waals surface area contributed by atoms with Gasteiger partial charge in [-0.25, -0.2) is 0 Å². The summed E-state index contributed by atoms with van der Waals surface area (Å²) < 4.78 is 11.0. The Morgan fingerprint density at radius 2 is 2.22 bits per heavy atom. The van der Waals surface area contributed by atoms with Gasteiger partial charge in [0.25, 0.3) is 0 Å². The Morgan fingerprint density at radius 3 is 2.94 bits per heavy atom. The highest BCUT2D eigenvalue weighted by atomic mass is 16.6. The summed E-state index contributed by atoms with van der Waals surface area (Å²) in [4.78, 5) is 12.2. The van der Waals surface area contributed by atoms with Gasteiger partial charge in [0, 0.05) is 0 Å². The highest BCUT2D eigenvalue weighted by Gasteiger charge is 2.48. The SMILES string of the molecule is CC1(C)CCC[C@@H]2C(=O)O[C@H](c3ccco3)C[C@H]21. The second-order valence-corrected chi connectivity index (χ2v) is 6.27. The fourth-order valence-corrected chi connectivity index (χ4v) is 3.63. The van der Waals surface area contributed by atoms with Crippen LogP contribution >= 0.6 is 0 Å². The summed E-state index contributed by atoms with van der Waals surface area (Å²) >= 11 is 0. The first-order valence-electron chi connectivity index (χ1n) is 6.82. The van der Waals surface area contributed by atoms with Crippen LogP contribution in [-0.2, 0) is 9.53 Å². The van der Waals surface area contributed by atoms with Gasteiger partial charge < -0.3 is 9.15 Å². The number of ether oxygens (including phenoxy) is 1. The highest BCUT2D eigenvalue weighted by molar-refractivity contribution is 5.74. The van der Waals surface area contributed by atoms with E-state index in [4.69, 9.17) is 9.15 Å². The second kappa shape index (κ2) is 4.15. The van der Waals surface area contributed by atoms with Gasteiger partial charge in [0.2, 0.25) is 0 Å². The molecule has 0 N–H and O–H groups in total. The van der Waals surface area contributed by atoms with Crippen LogP contribution in [0.15, 0.2) is 22.8 Å². The van der Waals surface area contributed by atoms with Crippen LogP contribution in [0.3, 0.4) is 0 Å². The molecule has 2 fully saturated rings. The molecule has 98 valence electrons. The molecule has 0 aromatic carbocycles. The molecule has 3 rings (SSSR count). The van der Waals surface area contributed by atoms with Crippen LogP contribution in [0.25, 0.3) is 0 Å². The topological polar surface area (TPSA) is 39.4 Å². The lowest BCUT2D eigenvalue weighted by atomic mass is 9.61. The van der Waals surface area contributed by atoms with E-state index in [1.807, 2.05) is 12.1 Å². The van der Waals surface area contributed by atoms with Gasteiger partial charge in [-0.05, 0) is 42.7 Å². The van der Waals surface area contributed by atoms with Crippen molar-refractivity contribution in [1.82, 2.24) is 0 Å². The molecule has 3 heteroatoms. The Morgan fingerprint density at radius 1 is 1.39 bits per heavy atom. The number of hydrogen-bond acceptors (Lipinski definition) is 3. The summed E-state index contributed by atoms with van der Waals surface area (Å²) in [7, 11) is 0. The summed E-state index contributed by atoms with van der Waals surface area (Å²) in [5.41, 5.74) is 0.229. The molecule has 18 heavy (non-hydrogen) atoms. The van der Waals surface area contributed by atoms with E-state index in [2.05, 4.69) is 13.8 Å². The van der Waals surface area contributed by atoms with Gasteiger partial charge in [-0.3, -0.25) is 4.79 Å². The maximum absolute atomic E-state index is 12.2. The average Bonchev–Trinajstić information content (AvgIpc) is 2.83. The minimum Gasteiger partial charge on any atom is -0.465 e. The van der Waals surface area contributed by atoms with E-state index in [1.165, 1.54) is 6.42 Å². The van der Waals surface area contributed by atoms with Gasteiger partial charge in [0.05, 0.1) is 12.2 Å². The van der Waals surface area contributed by atoms with Gasteiger partial charge >= 0.3 is 5.97 Å². The first kappa shape index (κ1) is 11.8. The molecule has 1 aliphatic heterocycles. The predicted octanol–water partition coefficient (Wildman–Crippen LogP) is 3.71. The van der Waals surface area contributed by atoms with Gasteiger partial charge in [-0.2, -0.15) is 0 Å². The quantitative estimate of drug-likeness (QED) is 0.711. The van der Waals surface area contributed by atoms with Gasteiger partial charge in [-0.15, -0.1) is 0 Å². The molecule has 2 heterocycles. The number of rotatable bonds is 1. The van der Waals surface area contributed by atoms with Crippen LogP contribution in [-0.4, -0.2) is 5.97 Å². The van der Waals surface area contributed by atoms with Crippen molar-refractivity contribution in [2.75, 3.05) is 0 Å². The fourth-order valence-electron chi connectivity index (χ4n) is 3.63. The second-order valence-electron chi connectivity index (χ2n) is 6.27. The van der Waals surface area contributed by atoms with Crippen molar-refractivity contribution in [2.24, 2.45) is 17.3 Å². The Kier molecular flexibility index (Phi) is 2.72. The molecular weight excluding hydrogens is 228 g/mol. The Hall–Kier alpha value is -1.25. The molecule has 0 bridgehead atoms. The lowest BCUT2D eigenvalue weighted by Crippen LogP contribution is -2.44. The normalized spacial score (nSPS) is 34.8. The van der Waals surface area contributed by atoms with Crippen LogP contribution in [0.5, 0.6) is 0 Å². The monoisotopic (exact) mass is 248 g/mol. The Balaban J connectivity index is 1.86. The summed E-state index contributed by atoms with van der Waals surface area (Å²) in [5, 5.41) is 0. The first-order chi connectivity index (χ1) is 8.58. The first-order valence-corrected chi connectivity index (χ1v) is 6.82. The van der Waals surface area contributed by atoms with E-state index >= 15 is 0 Å². The molecular formula is C15H20O3. The fraction of sp³-hybridized carbons (Fsp3) is 0.667. The number of carbonyl (C=O) groups excluding carboxylic acids is 1. The van der Waals surface area contributed by atoms with Gasteiger partial charge in [-0.1, -0.05) is 20.3 Å². The third-order valence-electron chi connectivity index (χ3n) is 4.72. The third kappa shape index (κ3) is 1.86. The minimum atomic E-state index is -0.189. The zero-order valence-corrected chi connectivity index (χ0v) is 11.0. The smallest absolute Gasteiger partial charge is 0.309 e. The van der Waals surface area contributed by atoms with Crippen molar-refractivity contribution >= 4 is 5.97 Å². The van der Waals surface area contributed by atoms with E-state index in [0.29, 0.717) is 5.92 Å². The van der Waals surface area contributed by atoms with E-state index in [0.717, 1.165) is 25.0 Å². The zero-order valence-electron chi connectivity index (χ0n) is 11.0. The molecule has 1 aromatic rings. The minimum absolute atomic E-state index is 0.0274. The molecule has 0 radical (unpaired) electrons. The molecule has 1 saturated carbocycles. The number of hydrogen-bond donors (Lipinski definition) is 0. The number of fused-ring (bicyclic) bond motifs is 1. The average molecular weight is 248 g/mol. The van der Waals surface area contributed by atoms with Crippen LogP contribution in [0.1, 0.15) is 51.4 Å². The molecule has 3 atom stereocenters. The Bertz CT molecular complexity index is 433.